The van der Waals surface area contributed by atoms with E-state index in [2.05, 4.69) is 24.3 Å². The van der Waals surface area contributed by atoms with E-state index in [9.17, 15) is 0 Å². The minimum Gasteiger partial charge on any atom is -1.00 e. The molecule has 0 nitrogen and oxygen atoms in total. The average Bonchev–Trinajstić information content (AvgIpc) is 2.05. The maximum atomic E-state index is 3.15. The van der Waals surface area contributed by atoms with Crippen molar-refractivity contribution in [1.29, 1.82) is 0 Å². The van der Waals surface area contributed by atoms with E-state index in [-0.39, 0.29) is 33.5 Å². The molecule has 0 saturated heterocycles. The van der Waals surface area contributed by atoms with Gasteiger partial charge in [0.2, 0.25) is 0 Å². The Labute approximate surface area is 92.7 Å². The van der Waals surface area contributed by atoms with Gasteiger partial charge >= 0.3 is 0 Å². The zero-order chi connectivity index (χ0) is 6.81. The van der Waals surface area contributed by atoms with Crippen molar-refractivity contribution in [2.75, 3.05) is 0 Å². The van der Waals surface area contributed by atoms with E-state index >= 15 is 0 Å². The van der Waals surface area contributed by atoms with E-state index in [4.69, 9.17) is 0 Å². The van der Waals surface area contributed by atoms with E-state index in [0.717, 1.165) is 0 Å². The Morgan fingerprint density at radius 3 is 2.33 bits per heavy atom. The van der Waals surface area contributed by atoms with Gasteiger partial charge in [0.15, 0.2) is 0 Å². The monoisotopic (exact) mass is 264 g/mol. The van der Waals surface area contributed by atoms with Gasteiger partial charge in [-0.15, -0.1) is 0 Å². The molecule has 0 spiro atoms. The first-order valence-corrected chi connectivity index (χ1v) is 3.32. The van der Waals surface area contributed by atoms with Crippen LogP contribution in [0.15, 0.2) is 42.5 Å². The van der Waals surface area contributed by atoms with E-state index in [1.54, 1.807) is 0 Å². The molecule has 2 aromatic carbocycles. The molecule has 0 aliphatic heterocycles. The van der Waals surface area contributed by atoms with Gasteiger partial charge in [0.1, 0.15) is 0 Å². The van der Waals surface area contributed by atoms with Gasteiger partial charge in [-0.1, -0.05) is 42.5 Å². The number of fused-ring (bicyclic) bond motifs is 1. The van der Waals surface area contributed by atoms with Gasteiger partial charge in [0.25, 0.3) is 0 Å². The third kappa shape index (κ3) is 2.33. The second-order valence-corrected chi connectivity index (χ2v) is 2.26. The molecule has 0 fully saturated rings. The van der Waals surface area contributed by atoms with Crippen LogP contribution in [0, 0.1) is 6.07 Å². The molecule has 0 aliphatic carbocycles. The summed E-state index contributed by atoms with van der Waals surface area (Å²) in [5.41, 5.74) is 0. The Kier molecular flexibility index (Phi) is 5.20. The van der Waals surface area contributed by atoms with Gasteiger partial charge in [0.05, 0.1) is 0 Å². The molecule has 0 unspecified atom stereocenters. The van der Waals surface area contributed by atoms with Crippen LogP contribution >= 0.6 is 0 Å². The van der Waals surface area contributed by atoms with Crippen molar-refractivity contribution in [2.45, 2.75) is 0 Å². The van der Waals surface area contributed by atoms with Crippen molar-refractivity contribution < 1.29 is 33.5 Å². The maximum absolute atomic E-state index is 3.15. The summed E-state index contributed by atoms with van der Waals surface area (Å²) < 4.78 is 0. The molecule has 2 rings (SSSR count). The van der Waals surface area contributed by atoms with E-state index in [0.29, 0.717) is 0 Å². The normalized spacial score (nSPS) is 8.33. The minimum atomic E-state index is 0. The second-order valence-electron chi connectivity index (χ2n) is 2.26. The van der Waals surface area contributed by atoms with Gasteiger partial charge in [0, 0.05) is 16.5 Å². The molecule has 0 saturated carbocycles. The molecule has 1 radical (unpaired) electrons. The third-order valence-electron chi connectivity index (χ3n) is 1.57. The molecule has 0 amide bonds. The predicted molar refractivity (Wildman–Crippen MR) is 42.8 cm³/mol. The zero-order valence-electron chi connectivity index (χ0n) is 6.24. The molecular weight excluding hydrogens is 259 g/mol. The number of halogens is 1. The summed E-state index contributed by atoms with van der Waals surface area (Å²) in [5.74, 6) is 0. The van der Waals surface area contributed by atoms with Gasteiger partial charge in [-0.25, -0.2) is 0 Å². The SMILES string of the molecule is [Br-].[Ni].[c]1cccc2ccccc12. The molecule has 2 heteroatoms. The predicted octanol–water partition coefficient (Wildman–Crippen LogP) is -0.359. The van der Waals surface area contributed by atoms with Crippen LogP contribution in [0.4, 0.5) is 0 Å². The van der Waals surface area contributed by atoms with Crippen molar-refractivity contribution in [3.63, 3.8) is 0 Å². The molecule has 0 atom stereocenters. The quantitative estimate of drug-likeness (QED) is 0.571. The summed E-state index contributed by atoms with van der Waals surface area (Å²) in [6, 6.07) is 17.4. The van der Waals surface area contributed by atoms with E-state index in [1.807, 2.05) is 24.3 Å². The Hall–Kier alpha value is -0.326. The average molecular weight is 266 g/mol. The third-order valence-corrected chi connectivity index (χ3v) is 1.57. The molecule has 0 aliphatic rings. The Balaban J connectivity index is 0.000000605. The molecule has 65 valence electrons. The molecule has 2 aromatic rings. The summed E-state index contributed by atoms with van der Waals surface area (Å²) in [4.78, 5) is 0. The fraction of sp³-hybridized carbons (Fsp3) is 0. The van der Waals surface area contributed by atoms with E-state index in [1.165, 1.54) is 10.8 Å². The molecule has 0 N–H and O–H groups in total. The van der Waals surface area contributed by atoms with Gasteiger partial charge in [-0.2, -0.15) is 0 Å². The van der Waals surface area contributed by atoms with Crippen molar-refractivity contribution in [1.82, 2.24) is 0 Å². The molecule has 0 aromatic heterocycles. The Morgan fingerprint density at radius 2 is 1.58 bits per heavy atom. The first-order valence-electron chi connectivity index (χ1n) is 3.32. The number of hydrogen-bond acceptors (Lipinski definition) is 0. The van der Waals surface area contributed by atoms with Crippen LogP contribution < -0.4 is 17.0 Å². The number of hydrogen-bond donors (Lipinski definition) is 0. The maximum Gasteiger partial charge on any atom is 0 e. The van der Waals surface area contributed by atoms with Crippen LogP contribution in [0.25, 0.3) is 10.8 Å². The van der Waals surface area contributed by atoms with Crippen molar-refractivity contribution in [3.8, 4) is 0 Å². The summed E-state index contributed by atoms with van der Waals surface area (Å²) in [6.45, 7) is 0. The molecule has 12 heavy (non-hydrogen) atoms. The molecule has 0 bridgehead atoms. The molecule has 0 heterocycles. The summed E-state index contributed by atoms with van der Waals surface area (Å²) >= 11 is 0. The van der Waals surface area contributed by atoms with Gasteiger partial charge < -0.3 is 17.0 Å². The summed E-state index contributed by atoms with van der Waals surface area (Å²) in [7, 11) is 0. The first-order chi connectivity index (χ1) is 4.97. The molecular formula is C10H7BrNi-. The second kappa shape index (κ2) is 5.34. The van der Waals surface area contributed by atoms with Gasteiger partial charge in [-0.3, -0.25) is 0 Å². The largest absolute Gasteiger partial charge is 1.00 e. The number of rotatable bonds is 0. The minimum absolute atomic E-state index is 0. The van der Waals surface area contributed by atoms with Crippen LogP contribution in [0.3, 0.4) is 0 Å². The van der Waals surface area contributed by atoms with E-state index < -0.39 is 0 Å². The van der Waals surface area contributed by atoms with Crippen LogP contribution in [0.2, 0.25) is 0 Å². The van der Waals surface area contributed by atoms with Crippen molar-refractivity contribution >= 4 is 10.8 Å². The van der Waals surface area contributed by atoms with Crippen LogP contribution in [-0.2, 0) is 16.5 Å². The standard InChI is InChI=1S/C10H7.BrH.Ni/c1-2-6-10-8-4-3-7-9(10)5-1;;/h1-7H;1H;/p-1. The summed E-state index contributed by atoms with van der Waals surface area (Å²) in [6.07, 6.45) is 0. The fourth-order valence-corrected chi connectivity index (χ4v) is 1.06. The van der Waals surface area contributed by atoms with Crippen LogP contribution in [0.1, 0.15) is 0 Å². The van der Waals surface area contributed by atoms with Crippen LogP contribution in [0.5, 0.6) is 0 Å². The smallest absolute Gasteiger partial charge is 0 e. The van der Waals surface area contributed by atoms with Gasteiger partial charge in [-0.05, 0) is 16.8 Å². The van der Waals surface area contributed by atoms with Crippen molar-refractivity contribution in [2.24, 2.45) is 0 Å². The Bertz CT molecular complexity index is 281. The number of benzene rings is 2. The fourth-order valence-electron chi connectivity index (χ4n) is 1.06. The first kappa shape index (κ1) is 11.7. The van der Waals surface area contributed by atoms with Crippen molar-refractivity contribution in [3.05, 3.63) is 48.5 Å². The topological polar surface area (TPSA) is 0 Å². The Morgan fingerprint density at radius 1 is 0.917 bits per heavy atom. The van der Waals surface area contributed by atoms with Crippen LogP contribution in [-0.4, -0.2) is 0 Å². The zero-order valence-corrected chi connectivity index (χ0v) is 8.81. The summed E-state index contributed by atoms with van der Waals surface area (Å²) in [5, 5.41) is 2.44.